The quantitative estimate of drug-likeness (QED) is 0.108. The van der Waals surface area contributed by atoms with Crippen molar-refractivity contribution in [3.63, 3.8) is 0 Å². The van der Waals surface area contributed by atoms with Gasteiger partial charge in [0, 0.05) is 58.9 Å². The predicted octanol–water partition coefficient (Wildman–Crippen LogP) is 4.64. The van der Waals surface area contributed by atoms with E-state index < -0.39 is 30.0 Å². The summed E-state index contributed by atoms with van der Waals surface area (Å²) in [4.78, 5) is 66.4. The average molecular weight is 859 g/mol. The van der Waals surface area contributed by atoms with Gasteiger partial charge in [-0.15, -0.1) is 0 Å². The van der Waals surface area contributed by atoms with Crippen molar-refractivity contribution in [1.82, 2.24) is 49.7 Å². The number of likely N-dealkylation sites (tertiary alicyclic amines) is 2. The van der Waals surface area contributed by atoms with E-state index in [1.807, 2.05) is 14.1 Å². The molecule has 324 valence electrons. The number of halogens is 2. The summed E-state index contributed by atoms with van der Waals surface area (Å²) in [5, 5.41) is 0. The number of esters is 2. The van der Waals surface area contributed by atoms with Gasteiger partial charge >= 0.3 is 11.9 Å². The zero-order valence-corrected chi connectivity index (χ0v) is 34.5. The van der Waals surface area contributed by atoms with Crippen molar-refractivity contribution in [3.05, 3.63) is 83.9 Å². The molecular weight excluding hydrogens is 815 g/mol. The summed E-state index contributed by atoms with van der Waals surface area (Å²) in [5.74, 6) is -4.59. The van der Waals surface area contributed by atoms with Crippen LogP contribution in [0.4, 0.5) is 32.3 Å². The molecule has 20 heteroatoms. The van der Waals surface area contributed by atoms with E-state index in [4.69, 9.17) is 32.4 Å². The van der Waals surface area contributed by atoms with Crippen LogP contribution < -0.4 is 32.4 Å². The summed E-state index contributed by atoms with van der Waals surface area (Å²) in [6.45, 7) is 3.36. The molecule has 0 radical (unpaired) electrons. The lowest BCUT2D eigenvalue weighted by Gasteiger charge is -2.28. The fourth-order valence-electron chi connectivity index (χ4n) is 7.74. The molecule has 8 rings (SSSR count). The highest BCUT2D eigenvalue weighted by Crippen LogP contribution is 2.38. The first kappa shape index (κ1) is 42.4. The van der Waals surface area contributed by atoms with Gasteiger partial charge in [-0.05, 0) is 102 Å². The number of carbonyl (C=O) groups excluding carboxylic acids is 2. The number of anilines is 4. The van der Waals surface area contributed by atoms with E-state index in [2.05, 4.69) is 49.7 Å². The van der Waals surface area contributed by atoms with Crippen LogP contribution in [0.2, 0.25) is 0 Å². The van der Waals surface area contributed by atoms with Gasteiger partial charge in [0.15, 0.2) is 23.1 Å². The molecule has 8 heterocycles. The lowest BCUT2D eigenvalue weighted by molar-refractivity contribution is -0.144. The maximum absolute atomic E-state index is 15.9. The van der Waals surface area contributed by atoms with Crippen molar-refractivity contribution in [3.8, 4) is 56.8 Å². The van der Waals surface area contributed by atoms with Gasteiger partial charge in [-0.2, -0.15) is 0 Å². The topological polar surface area (TPSA) is 266 Å². The molecular formula is C43H44F2N14O4. The van der Waals surface area contributed by atoms with E-state index in [-0.39, 0.29) is 81.0 Å². The summed E-state index contributed by atoms with van der Waals surface area (Å²) < 4.78 is 43.1. The van der Waals surface area contributed by atoms with Crippen LogP contribution in [0.1, 0.15) is 55.3 Å². The number of carbonyl (C=O) groups is 2. The Labute approximate surface area is 360 Å². The molecule has 0 unspecified atom stereocenters. The Hall–Kier alpha value is -7.32. The molecule has 8 N–H and O–H groups in total. The number of hydrogen-bond donors (Lipinski definition) is 4. The number of hydrogen-bond acceptors (Lipinski definition) is 18. The van der Waals surface area contributed by atoms with Gasteiger partial charge in [-0.1, -0.05) is 0 Å². The number of nitrogens with zero attached hydrogens (tertiary/aromatic N) is 10. The second-order valence-corrected chi connectivity index (χ2v) is 15.6. The summed E-state index contributed by atoms with van der Waals surface area (Å²) in [5.41, 5.74) is 26.0. The number of piperidine rings is 2. The van der Waals surface area contributed by atoms with Crippen molar-refractivity contribution in [1.29, 1.82) is 0 Å². The number of rotatable bonds is 10. The Kier molecular flexibility index (Phi) is 12.1. The monoisotopic (exact) mass is 858 g/mol. The summed E-state index contributed by atoms with van der Waals surface area (Å²) in [7, 11) is 4.07. The van der Waals surface area contributed by atoms with Crippen LogP contribution in [-0.2, 0) is 9.59 Å². The second-order valence-electron chi connectivity index (χ2n) is 15.6. The number of nitrogen functional groups attached to an aromatic ring is 4. The third-order valence-electron chi connectivity index (χ3n) is 11.0. The highest BCUT2D eigenvalue weighted by Gasteiger charge is 2.28. The first-order valence-corrected chi connectivity index (χ1v) is 20.2. The van der Waals surface area contributed by atoms with Gasteiger partial charge in [0.05, 0.1) is 11.4 Å². The average Bonchev–Trinajstić information content (AvgIpc) is 3.24. The van der Waals surface area contributed by atoms with Crippen LogP contribution >= 0.6 is 0 Å². The maximum atomic E-state index is 15.9. The van der Waals surface area contributed by atoms with Gasteiger partial charge in [0.1, 0.15) is 40.8 Å². The molecule has 63 heavy (non-hydrogen) atoms. The minimum atomic E-state index is -1.16. The number of aromatic nitrogens is 8. The van der Waals surface area contributed by atoms with Gasteiger partial charge in [0.25, 0.3) is 0 Å². The molecule has 2 aliphatic rings. The summed E-state index contributed by atoms with van der Waals surface area (Å²) in [6, 6.07) is 11.2. The van der Waals surface area contributed by atoms with E-state index in [1.165, 1.54) is 36.7 Å². The number of nitrogens with two attached hydrogens (primary N) is 4. The molecule has 0 aliphatic carbocycles. The molecule has 6 aromatic rings. The van der Waals surface area contributed by atoms with Crippen LogP contribution in [0.3, 0.4) is 0 Å². The van der Waals surface area contributed by atoms with Crippen LogP contribution in [0, 0.1) is 11.6 Å². The Morgan fingerprint density at radius 1 is 0.587 bits per heavy atom. The standard InChI is InChI=1S/C43H44F2N14O4/c1-58-11-5-22(6-12-58)28-19-30(54-42(48)52-28)40-32(17-26(44)38(56-40)24-3-9-50-34(46)15-24)62-36(60)21-37(61)63-33-18-27(45)39(25-4-10-51-35(47)16-25)57-41(33)31-20-29(53-43(49)55-31)23-7-13-59(2)14-8-23/h3-4,9-10,15-20,22-23H,5-8,11-14,21H2,1-2H3,(H2,46,50)(H2,47,51)(H2,48,52,54)(H2,49,53,55). The predicted molar refractivity (Wildman–Crippen MR) is 229 cm³/mol. The van der Waals surface area contributed by atoms with Crippen molar-refractivity contribution < 1.29 is 27.8 Å². The van der Waals surface area contributed by atoms with Crippen molar-refractivity contribution >= 4 is 35.5 Å². The fourth-order valence-corrected chi connectivity index (χ4v) is 7.74. The maximum Gasteiger partial charge on any atom is 0.322 e. The molecule has 0 amide bonds. The van der Waals surface area contributed by atoms with Gasteiger partial charge < -0.3 is 42.2 Å². The van der Waals surface area contributed by atoms with Crippen molar-refractivity contribution in [2.75, 3.05) is 63.2 Å². The molecule has 6 aromatic heterocycles. The van der Waals surface area contributed by atoms with Crippen LogP contribution in [0.15, 0.2) is 60.9 Å². The highest BCUT2D eigenvalue weighted by atomic mass is 19.1. The highest BCUT2D eigenvalue weighted by molar-refractivity contribution is 5.94. The van der Waals surface area contributed by atoms with E-state index in [9.17, 15) is 9.59 Å². The summed E-state index contributed by atoms with van der Waals surface area (Å²) >= 11 is 0. The minimum Gasteiger partial charge on any atom is -0.424 e. The molecule has 2 fully saturated rings. The largest absolute Gasteiger partial charge is 0.424 e. The first-order valence-electron chi connectivity index (χ1n) is 20.2. The molecule has 0 bridgehead atoms. The van der Waals surface area contributed by atoms with E-state index in [0.29, 0.717) is 22.5 Å². The first-order chi connectivity index (χ1) is 30.3. The van der Waals surface area contributed by atoms with E-state index >= 15 is 8.78 Å². The Bertz CT molecular complexity index is 2530. The molecule has 0 aromatic carbocycles. The van der Waals surface area contributed by atoms with Gasteiger partial charge in [0.2, 0.25) is 11.9 Å². The smallest absolute Gasteiger partial charge is 0.322 e. The SMILES string of the molecule is CN1CCC(c2cc(-c3nc(-c4ccnc(N)c4)c(F)cc3OC(=O)CC(=O)Oc3cc(F)c(-c4ccnc(N)c4)nc3-c3cc(C4CCN(C)CC4)nc(N)n3)nc(N)n2)CC1. The molecule has 0 atom stereocenters. The zero-order valence-electron chi connectivity index (χ0n) is 34.5. The molecule has 2 saturated heterocycles. The fraction of sp³-hybridized carbons (Fsp3) is 0.302. The normalized spacial score (nSPS) is 15.3. The van der Waals surface area contributed by atoms with E-state index in [0.717, 1.165) is 64.0 Å². The Morgan fingerprint density at radius 3 is 1.37 bits per heavy atom. The van der Waals surface area contributed by atoms with Crippen LogP contribution in [0.25, 0.3) is 45.3 Å². The Morgan fingerprint density at radius 2 is 0.984 bits per heavy atom. The lowest BCUT2D eigenvalue weighted by atomic mass is 9.93. The number of pyridine rings is 4. The van der Waals surface area contributed by atoms with Gasteiger partial charge in [-0.25, -0.2) is 48.7 Å². The lowest BCUT2D eigenvalue weighted by Crippen LogP contribution is -2.29. The third-order valence-corrected chi connectivity index (χ3v) is 11.0. The third kappa shape index (κ3) is 9.76. The van der Waals surface area contributed by atoms with Crippen molar-refractivity contribution in [2.24, 2.45) is 0 Å². The number of ether oxygens (including phenoxy) is 2. The molecule has 2 aliphatic heterocycles. The van der Waals surface area contributed by atoms with Crippen molar-refractivity contribution in [2.45, 2.75) is 43.9 Å². The summed E-state index contributed by atoms with van der Waals surface area (Å²) in [6.07, 6.45) is 5.02. The van der Waals surface area contributed by atoms with Crippen LogP contribution in [0.5, 0.6) is 11.5 Å². The zero-order chi connectivity index (χ0) is 44.4. The molecule has 0 saturated carbocycles. The minimum absolute atomic E-state index is 0.0479. The molecule has 18 nitrogen and oxygen atoms in total. The second kappa shape index (κ2) is 18.0. The molecule has 0 spiro atoms. The Balaban J connectivity index is 1.11. The van der Waals surface area contributed by atoms with Gasteiger partial charge in [-0.3, -0.25) is 9.59 Å². The van der Waals surface area contributed by atoms with E-state index in [1.54, 1.807) is 12.1 Å². The van der Waals surface area contributed by atoms with Crippen LogP contribution in [-0.4, -0.2) is 102 Å².